The van der Waals surface area contributed by atoms with E-state index >= 15 is 0 Å². The molecule has 0 aliphatic heterocycles. The molecule has 2 aromatic carbocycles. The van der Waals surface area contributed by atoms with Gasteiger partial charge in [0.25, 0.3) is 0 Å². The number of nitrogens with zero attached hydrogens (tertiary/aromatic N) is 1. The highest BCUT2D eigenvalue weighted by Gasteiger charge is 2.05. The molecule has 0 spiro atoms. The van der Waals surface area contributed by atoms with Crippen LogP contribution in [0.1, 0.15) is 16.7 Å². The third-order valence-electron chi connectivity index (χ3n) is 2.97. The van der Waals surface area contributed by atoms with E-state index in [1.165, 1.54) is 5.56 Å². The van der Waals surface area contributed by atoms with Crippen LogP contribution in [0.2, 0.25) is 10.0 Å². The minimum absolute atomic E-state index is 0.104. The Morgan fingerprint density at radius 1 is 1.11 bits per heavy atom. The van der Waals surface area contributed by atoms with Gasteiger partial charge in [0.2, 0.25) is 0 Å². The van der Waals surface area contributed by atoms with Crippen molar-refractivity contribution in [3.8, 4) is 5.75 Å². The topological polar surface area (TPSA) is 32.6 Å². The maximum Gasteiger partial charge on any atom is 0.152 e. The van der Waals surface area contributed by atoms with Crippen molar-refractivity contribution in [2.24, 2.45) is 4.99 Å². The fourth-order valence-electron chi connectivity index (χ4n) is 1.68. The molecule has 0 saturated carbocycles. The number of rotatable bonds is 2. The zero-order valence-corrected chi connectivity index (χ0v) is 12.1. The number of benzene rings is 2. The second-order valence-electron chi connectivity index (χ2n) is 4.31. The van der Waals surface area contributed by atoms with Crippen LogP contribution in [0.3, 0.4) is 0 Å². The molecule has 0 bridgehead atoms. The molecule has 2 aromatic rings. The molecule has 0 aliphatic rings. The molecule has 0 fully saturated rings. The van der Waals surface area contributed by atoms with E-state index < -0.39 is 0 Å². The summed E-state index contributed by atoms with van der Waals surface area (Å²) in [5.41, 5.74) is 3.97. The first kappa shape index (κ1) is 13.9. The molecule has 0 atom stereocenters. The summed E-state index contributed by atoms with van der Waals surface area (Å²) >= 11 is 11.7. The first-order valence-corrected chi connectivity index (χ1v) is 6.53. The number of phenols is 1. The van der Waals surface area contributed by atoms with E-state index in [1.54, 1.807) is 18.3 Å². The SMILES string of the molecule is Cc1cccc(N=Cc2cc(Cl)c(O)c(Cl)c2)c1C. The summed E-state index contributed by atoms with van der Waals surface area (Å²) in [4.78, 5) is 4.42. The van der Waals surface area contributed by atoms with Crippen molar-refractivity contribution in [2.75, 3.05) is 0 Å². The van der Waals surface area contributed by atoms with Gasteiger partial charge in [0.1, 0.15) is 0 Å². The minimum Gasteiger partial charge on any atom is -0.505 e. The molecule has 0 unspecified atom stereocenters. The highest BCUT2D eigenvalue weighted by Crippen LogP contribution is 2.32. The molecular formula is C15H13Cl2NO. The van der Waals surface area contributed by atoms with Gasteiger partial charge < -0.3 is 5.11 Å². The van der Waals surface area contributed by atoms with Crippen molar-refractivity contribution in [2.45, 2.75) is 13.8 Å². The first-order chi connectivity index (χ1) is 8.99. The number of halogens is 2. The lowest BCUT2D eigenvalue weighted by molar-refractivity contribution is 0.476. The monoisotopic (exact) mass is 293 g/mol. The number of aromatic hydroxyl groups is 1. The van der Waals surface area contributed by atoms with Crippen LogP contribution >= 0.6 is 23.2 Å². The number of hydrogen-bond acceptors (Lipinski definition) is 2. The van der Waals surface area contributed by atoms with Gasteiger partial charge in [-0.05, 0) is 48.7 Å². The zero-order chi connectivity index (χ0) is 14.0. The average molecular weight is 294 g/mol. The summed E-state index contributed by atoms with van der Waals surface area (Å²) in [5.74, 6) is -0.104. The molecule has 0 amide bonds. The normalized spacial score (nSPS) is 11.2. The summed E-state index contributed by atoms with van der Waals surface area (Å²) in [5, 5.41) is 9.92. The van der Waals surface area contributed by atoms with Crippen LogP contribution in [0, 0.1) is 13.8 Å². The lowest BCUT2D eigenvalue weighted by Gasteiger charge is -2.04. The molecule has 0 aliphatic carbocycles. The standard InChI is InChI=1S/C15H13Cl2NO/c1-9-4-3-5-14(10(9)2)18-8-11-6-12(16)15(19)13(17)7-11/h3-8,19H,1-2H3. The molecule has 0 saturated heterocycles. The van der Waals surface area contributed by atoms with Crippen molar-refractivity contribution in [3.63, 3.8) is 0 Å². The average Bonchev–Trinajstić information content (AvgIpc) is 2.37. The van der Waals surface area contributed by atoms with Gasteiger partial charge >= 0.3 is 0 Å². The van der Waals surface area contributed by atoms with E-state index in [0.717, 1.165) is 16.8 Å². The molecule has 0 aromatic heterocycles. The van der Waals surface area contributed by atoms with Gasteiger partial charge in [-0.2, -0.15) is 0 Å². The molecule has 4 heteroatoms. The lowest BCUT2D eigenvalue weighted by atomic mass is 10.1. The number of phenolic OH excluding ortho intramolecular Hbond substituents is 1. The Balaban J connectivity index is 2.35. The first-order valence-electron chi connectivity index (χ1n) is 5.77. The van der Waals surface area contributed by atoms with Crippen LogP contribution < -0.4 is 0 Å². The number of aliphatic imine (C=N–C) groups is 1. The number of hydrogen-bond donors (Lipinski definition) is 1. The van der Waals surface area contributed by atoms with E-state index in [1.807, 2.05) is 32.0 Å². The summed E-state index contributed by atoms with van der Waals surface area (Å²) in [7, 11) is 0. The van der Waals surface area contributed by atoms with E-state index in [4.69, 9.17) is 23.2 Å². The van der Waals surface area contributed by atoms with Crippen LogP contribution in [-0.2, 0) is 0 Å². The van der Waals surface area contributed by atoms with Crippen molar-refractivity contribution in [3.05, 3.63) is 57.1 Å². The predicted octanol–water partition coefficient (Wildman–Crippen LogP) is 5.07. The molecule has 0 heterocycles. The van der Waals surface area contributed by atoms with Crippen molar-refractivity contribution in [1.82, 2.24) is 0 Å². The summed E-state index contributed by atoms with van der Waals surface area (Å²) in [6, 6.07) is 9.20. The van der Waals surface area contributed by atoms with E-state index in [9.17, 15) is 5.11 Å². The molecule has 0 radical (unpaired) electrons. The second kappa shape index (κ2) is 5.64. The fraction of sp³-hybridized carbons (Fsp3) is 0.133. The second-order valence-corrected chi connectivity index (χ2v) is 5.12. The maximum atomic E-state index is 9.49. The number of aryl methyl sites for hydroxylation is 1. The molecule has 2 nitrogen and oxygen atoms in total. The predicted molar refractivity (Wildman–Crippen MR) is 81.3 cm³/mol. The van der Waals surface area contributed by atoms with E-state index in [2.05, 4.69) is 4.99 Å². The van der Waals surface area contributed by atoms with Gasteiger partial charge in [0, 0.05) is 6.21 Å². The lowest BCUT2D eigenvalue weighted by Crippen LogP contribution is -1.84. The van der Waals surface area contributed by atoms with Gasteiger partial charge in [-0.25, -0.2) is 0 Å². The highest BCUT2D eigenvalue weighted by molar-refractivity contribution is 6.37. The molecule has 19 heavy (non-hydrogen) atoms. The van der Waals surface area contributed by atoms with Crippen molar-refractivity contribution in [1.29, 1.82) is 0 Å². The Labute approximate surface area is 122 Å². The van der Waals surface area contributed by atoms with Gasteiger partial charge in [-0.3, -0.25) is 4.99 Å². The Kier molecular flexibility index (Phi) is 4.13. The third-order valence-corrected chi connectivity index (χ3v) is 3.54. The van der Waals surface area contributed by atoms with Crippen LogP contribution in [-0.4, -0.2) is 11.3 Å². The van der Waals surface area contributed by atoms with Gasteiger partial charge in [0.05, 0.1) is 15.7 Å². The Morgan fingerprint density at radius 2 is 1.74 bits per heavy atom. The molecular weight excluding hydrogens is 281 g/mol. The Morgan fingerprint density at radius 3 is 2.37 bits per heavy atom. The van der Waals surface area contributed by atoms with Crippen molar-refractivity contribution < 1.29 is 5.11 Å². The third kappa shape index (κ3) is 3.09. The molecule has 1 N–H and O–H groups in total. The zero-order valence-electron chi connectivity index (χ0n) is 10.6. The Hall–Kier alpha value is -1.51. The van der Waals surface area contributed by atoms with Crippen LogP contribution in [0.15, 0.2) is 35.3 Å². The summed E-state index contributed by atoms with van der Waals surface area (Å²) < 4.78 is 0. The molecule has 2 rings (SSSR count). The van der Waals surface area contributed by atoms with Gasteiger partial charge in [-0.1, -0.05) is 35.3 Å². The summed E-state index contributed by atoms with van der Waals surface area (Å²) in [6.07, 6.45) is 1.68. The highest BCUT2D eigenvalue weighted by atomic mass is 35.5. The minimum atomic E-state index is -0.104. The van der Waals surface area contributed by atoms with Crippen LogP contribution in [0.4, 0.5) is 5.69 Å². The van der Waals surface area contributed by atoms with E-state index in [-0.39, 0.29) is 15.8 Å². The van der Waals surface area contributed by atoms with Crippen LogP contribution in [0.25, 0.3) is 0 Å². The van der Waals surface area contributed by atoms with Gasteiger partial charge in [0.15, 0.2) is 5.75 Å². The quantitative estimate of drug-likeness (QED) is 0.771. The van der Waals surface area contributed by atoms with Crippen molar-refractivity contribution >= 4 is 35.1 Å². The molecule has 98 valence electrons. The smallest absolute Gasteiger partial charge is 0.152 e. The summed E-state index contributed by atoms with van der Waals surface area (Å²) in [6.45, 7) is 4.07. The van der Waals surface area contributed by atoms with E-state index in [0.29, 0.717) is 0 Å². The van der Waals surface area contributed by atoms with Gasteiger partial charge in [-0.15, -0.1) is 0 Å². The Bertz CT molecular complexity index is 628. The largest absolute Gasteiger partial charge is 0.505 e. The van der Waals surface area contributed by atoms with Crippen LogP contribution in [0.5, 0.6) is 5.75 Å². The maximum absolute atomic E-state index is 9.49. The fourth-order valence-corrected chi connectivity index (χ4v) is 2.18.